The SMILES string of the molecule is CC(=O)Nc1cc(NC(=O)C2CC=CCC2C(=O)O)c(F)cc1F. The smallest absolute Gasteiger partial charge is 0.307 e. The molecule has 0 saturated heterocycles. The minimum atomic E-state index is -1.11. The van der Waals surface area contributed by atoms with Gasteiger partial charge in [0.15, 0.2) is 0 Å². The monoisotopic (exact) mass is 338 g/mol. The minimum Gasteiger partial charge on any atom is -0.481 e. The molecule has 0 radical (unpaired) electrons. The van der Waals surface area contributed by atoms with Crippen LogP contribution in [0.3, 0.4) is 0 Å². The minimum absolute atomic E-state index is 0.205. The largest absolute Gasteiger partial charge is 0.481 e. The zero-order valence-electron chi connectivity index (χ0n) is 12.8. The van der Waals surface area contributed by atoms with E-state index in [1.165, 1.54) is 0 Å². The van der Waals surface area contributed by atoms with Gasteiger partial charge in [0.1, 0.15) is 11.6 Å². The summed E-state index contributed by atoms with van der Waals surface area (Å²) in [6.07, 6.45) is 3.78. The van der Waals surface area contributed by atoms with Crippen LogP contribution >= 0.6 is 0 Å². The topological polar surface area (TPSA) is 95.5 Å². The van der Waals surface area contributed by atoms with Crippen LogP contribution in [0.1, 0.15) is 19.8 Å². The third-order valence-corrected chi connectivity index (χ3v) is 3.71. The Morgan fingerprint density at radius 1 is 1.00 bits per heavy atom. The van der Waals surface area contributed by atoms with Gasteiger partial charge in [0.2, 0.25) is 11.8 Å². The molecule has 2 amide bonds. The number of aliphatic carboxylic acids is 1. The highest BCUT2D eigenvalue weighted by Gasteiger charge is 2.34. The van der Waals surface area contributed by atoms with Crippen LogP contribution in [0.15, 0.2) is 24.3 Å². The number of hydrogen-bond donors (Lipinski definition) is 3. The summed E-state index contributed by atoms with van der Waals surface area (Å²) < 4.78 is 27.4. The van der Waals surface area contributed by atoms with E-state index < -0.39 is 41.3 Å². The van der Waals surface area contributed by atoms with Gasteiger partial charge in [-0.05, 0) is 18.9 Å². The molecule has 6 nitrogen and oxygen atoms in total. The predicted molar refractivity (Wildman–Crippen MR) is 82.3 cm³/mol. The van der Waals surface area contributed by atoms with E-state index in [4.69, 9.17) is 0 Å². The van der Waals surface area contributed by atoms with Gasteiger partial charge in [0, 0.05) is 13.0 Å². The van der Waals surface area contributed by atoms with E-state index in [0.717, 1.165) is 13.0 Å². The number of hydrogen-bond acceptors (Lipinski definition) is 3. The molecule has 0 aliphatic heterocycles. The highest BCUT2D eigenvalue weighted by atomic mass is 19.1. The molecule has 1 aliphatic carbocycles. The second-order valence-electron chi connectivity index (χ2n) is 5.48. The molecule has 0 aromatic heterocycles. The van der Waals surface area contributed by atoms with Crippen molar-refractivity contribution in [1.29, 1.82) is 0 Å². The van der Waals surface area contributed by atoms with Crippen LogP contribution in [-0.4, -0.2) is 22.9 Å². The molecule has 0 fully saturated rings. The average Bonchev–Trinajstić information content (AvgIpc) is 2.51. The highest BCUT2D eigenvalue weighted by Crippen LogP contribution is 2.29. The molecule has 0 saturated carbocycles. The normalized spacial score (nSPS) is 19.6. The van der Waals surface area contributed by atoms with Crippen LogP contribution in [0.2, 0.25) is 0 Å². The maximum Gasteiger partial charge on any atom is 0.307 e. The number of nitrogens with one attached hydrogen (secondary N) is 2. The number of rotatable bonds is 4. The Morgan fingerprint density at radius 3 is 2.08 bits per heavy atom. The molecule has 2 atom stereocenters. The summed E-state index contributed by atoms with van der Waals surface area (Å²) in [5.74, 6) is -6.11. The Balaban J connectivity index is 2.23. The molecule has 2 unspecified atom stereocenters. The number of carboxylic acid groups (broad SMARTS) is 1. The van der Waals surface area contributed by atoms with Crippen LogP contribution in [-0.2, 0) is 14.4 Å². The molecule has 3 N–H and O–H groups in total. The number of anilines is 2. The van der Waals surface area contributed by atoms with Crippen LogP contribution in [0, 0.1) is 23.5 Å². The Morgan fingerprint density at radius 2 is 1.54 bits per heavy atom. The van der Waals surface area contributed by atoms with Gasteiger partial charge in [0.25, 0.3) is 0 Å². The Bertz CT molecular complexity index is 718. The van der Waals surface area contributed by atoms with E-state index in [1.807, 2.05) is 0 Å². The highest BCUT2D eigenvalue weighted by molar-refractivity contribution is 5.96. The zero-order chi connectivity index (χ0) is 17.9. The number of carboxylic acids is 1. The lowest BCUT2D eigenvalue weighted by atomic mass is 9.82. The number of benzene rings is 1. The van der Waals surface area contributed by atoms with Crippen molar-refractivity contribution < 1.29 is 28.3 Å². The van der Waals surface area contributed by atoms with E-state index in [1.54, 1.807) is 12.2 Å². The van der Waals surface area contributed by atoms with Crippen LogP contribution in [0.5, 0.6) is 0 Å². The molecule has 1 aromatic carbocycles. The van der Waals surface area contributed by atoms with E-state index >= 15 is 0 Å². The number of allylic oxidation sites excluding steroid dienone is 2. The van der Waals surface area contributed by atoms with E-state index in [9.17, 15) is 28.3 Å². The van der Waals surface area contributed by atoms with Crippen LogP contribution in [0.25, 0.3) is 0 Å². The van der Waals surface area contributed by atoms with Crippen molar-refractivity contribution in [2.45, 2.75) is 19.8 Å². The maximum atomic E-state index is 13.9. The van der Waals surface area contributed by atoms with Crippen molar-refractivity contribution in [1.82, 2.24) is 0 Å². The summed E-state index contributed by atoms with van der Waals surface area (Å²) in [5.41, 5.74) is -0.610. The van der Waals surface area contributed by atoms with Gasteiger partial charge in [-0.3, -0.25) is 14.4 Å². The fraction of sp³-hybridized carbons (Fsp3) is 0.312. The summed E-state index contributed by atoms with van der Waals surface area (Å²) in [6.45, 7) is 1.16. The average molecular weight is 338 g/mol. The molecular weight excluding hydrogens is 322 g/mol. The first-order chi connectivity index (χ1) is 11.3. The van der Waals surface area contributed by atoms with Crippen LogP contribution in [0.4, 0.5) is 20.2 Å². The molecule has 0 heterocycles. The summed E-state index contributed by atoms with van der Waals surface area (Å²) >= 11 is 0. The molecule has 1 aliphatic rings. The number of amides is 2. The van der Waals surface area contributed by atoms with E-state index in [0.29, 0.717) is 6.07 Å². The van der Waals surface area contributed by atoms with E-state index in [-0.39, 0.29) is 24.2 Å². The summed E-state index contributed by atoms with van der Waals surface area (Å²) in [4.78, 5) is 34.5. The summed E-state index contributed by atoms with van der Waals surface area (Å²) in [7, 11) is 0. The van der Waals surface area contributed by atoms with Gasteiger partial charge in [-0.25, -0.2) is 8.78 Å². The third-order valence-electron chi connectivity index (χ3n) is 3.71. The molecule has 8 heteroatoms. The molecule has 2 rings (SSSR count). The fourth-order valence-electron chi connectivity index (χ4n) is 2.53. The van der Waals surface area contributed by atoms with E-state index in [2.05, 4.69) is 10.6 Å². The van der Waals surface area contributed by atoms with Gasteiger partial charge in [0.05, 0.1) is 23.2 Å². The van der Waals surface area contributed by atoms with Gasteiger partial charge in [-0.1, -0.05) is 12.2 Å². The zero-order valence-corrected chi connectivity index (χ0v) is 12.8. The second kappa shape index (κ2) is 7.20. The number of halogens is 2. The first-order valence-corrected chi connectivity index (χ1v) is 7.25. The lowest BCUT2D eigenvalue weighted by Crippen LogP contribution is -2.35. The molecule has 1 aromatic rings. The quantitative estimate of drug-likeness (QED) is 0.735. The fourth-order valence-corrected chi connectivity index (χ4v) is 2.53. The first kappa shape index (κ1) is 17.6. The van der Waals surface area contributed by atoms with Gasteiger partial charge < -0.3 is 15.7 Å². The summed E-state index contributed by atoms with van der Waals surface area (Å²) in [6, 6.07) is 1.49. The molecule has 24 heavy (non-hydrogen) atoms. The molecule has 0 spiro atoms. The lowest BCUT2D eigenvalue weighted by molar-refractivity contribution is -0.146. The van der Waals surface area contributed by atoms with Crippen molar-refractivity contribution in [3.05, 3.63) is 35.9 Å². The Kier molecular flexibility index (Phi) is 5.28. The lowest BCUT2D eigenvalue weighted by Gasteiger charge is -2.24. The van der Waals surface area contributed by atoms with Crippen molar-refractivity contribution >= 4 is 29.2 Å². The number of carbonyl (C=O) groups is 3. The molecule has 0 bridgehead atoms. The van der Waals surface area contributed by atoms with Crippen molar-refractivity contribution in [2.24, 2.45) is 11.8 Å². The Hall–Kier alpha value is -2.77. The maximum absolute atomic E-state index is 13.9. The van der Waals surface area contributed by atoms with Crippen LogP contribution < -0.4 is 10.6 Å². The molecular formula is C16H16F2N2O4. The predicted octanol–water partition coefficient (Wildman–Crippen LogP) is 2.53. The third kappa shape index (κ3) is 3.95. The van der Waals surface area contributed by atoms with Gasteiger partial charge >= 0.3 is 5.97 Å². The standard InChI is InChI=1S/C16H16F2N2O4/c1-8(21)19-13-7-14(12(18)6-11(13)17)20-15(22)9-4-2-3-5-10(9)16(23)24/h2-3,6-7,9-10H,4-5H2,1H3,(H,19,21)(H,20,22)(H,23,24). The Labute approximate surface area is 136 Å². The van der Waals surface area contributed by atoms with Crippen molar-refractivity contribution in [3.63, 3.8) is 0 Å². The van der Waals surface area contributed by atoms with Crippen molar-refractivity contribution in [3.8, 4) is 0 Å². The summed E-state index contributed by atoms with van der Waals surface area (Å²) in [5, 5.41) is 13.6. The van der Waals surface area contributed by atoms with Crippen molar-refractivity contribution in [2.75, 3.05) is 10.6 Å². The van der Waals surface area contributed by atoms with Gasteiger partial charge in [-0.15, -0.1) is 0 Å². The first-order valence-electron chi connectivity index (χ1n) is 7.25. The second-order valence-corrected chi connectivity index (χ2v) is 5.48. The van der Waals surface area contributed by atoms with Gasteiger partial charge in [-0.2, -0.15) is 0 Å². The number of carbonyl (C=O) groups excluding carboxylic acids is 2. The molecule has 128 valence electrons.